The highest BCUT2D eigenvalue weighted by Crippen LogP contribution is 2.13. The third kappa shape index (κ3) is 3.17. The molecule has 0 aliphatic carbocycles. The molecule has 98 valence electrons. The van der Waals surface area contributed by atoms with Crippen molar-refractivity contribution in [1.82, 2.24) is 10.2 Å². The SMILES string of the molecule is CC1C(=O)NCCN1CCCC(=O)c1cccs1. The van der Waals surface area contributed by atoms with Gasteiger partial charge < -0.3 is 5.32 Å². The molecule has 2 heterocycles. The first-order valence-corrected chi connectivity index (χ1v) is 7.15. The molecule has 0 aromatic carbocycles. The van der Waals surface area contributed by atoms with Gasteiger partial charge in [-0.2, -0.15) is 0 Å². The van der Waals surface area contributed by atoms with E-state index in [-0.39, 0.29) is 17.7 Å². The first-order chi connectivity index (χ1) is 8.68. The quantitative estimate of drug-likeness (QED) is 0.822. The van der Waals surface area contributed by atoms with Gasteiger partial charge in [0, 0.05) is 19.5 Å². The topological polar surface area (TPSA) is 49.4 Å². The van der Waals surface area contributed by atoms with E-state index in [1.807, 2.05) is 24.4 Å². The Kier molecular flexibility index (Phi) is 4.49. The Morgan fingerprint density at radius 2 is 2.44 bits per heavy atom. The van der Waals surface area contributed by atoms with E-state index < -0.39 is 0 Å². The molecular weight excluding hydrogens is 248 g/mol. The fourth-order valence-electron chi connectivity index (χ4n) is 2.14. The second-order valence-corrected chi connectivity index (χ2v) is 5.45. The van der Waals surface area contributed by atoms with Gasteiger partial charge >= 0.3 is 0 Å². The lowest BCUT2D eigenvalue weighted by atomic mass is 10.1. The van der Waals surface area contributed by atoms with Crippen LogP contribution in [0.3, 0.4) is 0 Å². The fraction of sp³-hybridized carbons (Fsp3) is 0.538. The Morgan fingerprint density at radius 3 is 3.17 bits per heavy atom. The molecule has 5 heteroatoms. The lowest BCUT2D eigenvalue weighted by Gasteiger charge is -2.32. The van der Waals surface area contributed by atoms with Crippen LogP contribution in [-0.4, -0.2) is 42.3 Å². The highest BCUT2D eigenvalue weighted by atomic mass is 32.1. The molecule has 18 heavy (non-hydrogen) atoms. The van der Waals surface area contributed by atoms with Gasteiger partial charge in [-0.1, -0.05) is 6.07 Å². The maximum Gasteiger partial charge on any atom is 0.237 e. The summed E-state index contributed by atoms with van der Waals surface area (Å²) in [5.41, 5.74) is 0. The molecule has 2 rings (SSSR count). The molecule has 1 aromatic heterocycles. The van der Waals surface area contributed by atoms with Gasteiger partial charge in [-0.3, -0.25) is 14.5 Å². The number of thiophene rings is 1. The maximum atomic E-state index is 11.8. The second kappa shape index (κ2) is 6.11. The summed E-state index contributed by atoms with van der Waals surface area (Å²) in [6.45, 7) is 4.31. The number of hydrogen-bond acceptors (Lipinski definition) is 4. The molecule has 0 bridgehead atoms. The minimum atomic E-state index is -0.0735. The van der Waals surface area contributed by atoms with E-state index in [9.17, 15) is 9.59 Å². The van der Waals surface area contributed by atoms with Gasteiger partial charge in [-0.05, 0) is 31.3 Å². The zero-order chi connectivity index (χ0) is 13.0. The molecule has 1 amide bonds. The van der Waals surface area contributed by atoms with E-state index in [4.69, 9.17) is 0 Å². The van der Waals surface area contributed by atoms with Crippen molar-refractivity contribution < 1.29 is 9.59 Å². The first-order valence-electron chi connectivity index (χ1n) is 6.27. The third-order valence-electron chi connectivity index (χ3n) is 3.27. The van der Waals surface area contributed by atoms with E-state index in [0.717, 1.165) is 24.4 Å². The number of amides is 1. The predicted octanol–water partition coefficient (Wildman–Crippen LogP) is 1.53. The number of rotatable bonds is 5. The number of carbonyl (C=O) groups excluding carboxylic acids is 2. The van der Waals surface area contributed by atoms with Gasteiger partial charge in [-0.25, -0.2) is 0 Å². The summed E-state index contributed by atoms with van der Waals surface area (Å²) >= 11 is 1.49. The average molecular weight is 266 g/mol. The van der Waals surface area contributed by atoms with Crippen molar-refractivity contribution in [3.05, 3.63) is 22.4 Å². The van der Waals surface area contributed by atoms with Crippen molar-refractivity contribution in [1.29, 1.82) is 0 Å². The summed E-state index contributed by atoms with van der Waals surface area (Å²) in [6, 6.07) is 3.69. The fourth-order valence-corrected chi connectivity index (χ4v) is 2.83. The number of nitrogens with one attached hydrogen (secondary N) is 1. The molecule has 1 N–H and O–H groups in total. The Morgan fingerprint density at radius 1 is 1.61 bits per heavy atom. The predicted molar refractivity (Wildman–Crippen MR) is 71.9 cm³/mol. The maximum absolute atomic E-state index is 11.8. The van der Waals surface area contributed by atoms with Crippen LogP contribution in [0.25, 0.3) is 0 Å². The summed E-state index contributed by atoms with van der Waals surface area (Å²) in [6.07, 6.45) is 1.37. The Hall–Kier alpha value is -1.20. The standard InChI is InChI=1S/C13H18N2O2S/c1-10-13(17)14-6-8-15(10)7-2-4-11(16)12-5-3-9-18-12/h3,5,9-10H,2,4,6-8H2,1H3,(H,14,17). The minimum Gasteiger partial charge on any atom is -0.353 e. The number of hydrogen-bond donors (Lipinski definition) is 1. The Bertz CT molecular complexity index is 417. The Balaban J connectivity index is 1.75. The van der Waals surface area contributed by atoms with Gasteiger partial charge in [0.05, 0.1) is 10.9 Å². The molecule has 1 atom stereocenters. The van der Waals surface area contributed by atoms with Crippen LogP contribution < -0.4 is 5.32 Å². The van der Waals surface area contributed by atoms with Crippen molar-refractivity contribution in [2.45, 2.75) is 25.8 Å². The third-order valence-corrected chi connectivity index (χ3v) is 4.18. The van der Waals surface area contributed by atoms with Crippen molar-refractivity contribution in [2.75, 3.05) is 19.6 Å². The minimum absolute atomic E-state index is 0.0735. The molecule has 4 nitrogen and oxygen atoms in total. The van der Waals surface area contributed by atoms with Crippen molar-refractivity contribution >= 4 is 23.0 Å². The van der Waals surface area contributed by atoms with Gasteiger partial charge in [0.15, 0.2) is 5.78 Å². The average Bonchev–Trinajstić information content (AvgIpc) is 2.88. The van der Waals surface area contributed by atoms with Gasteiger partial charge in [-0.15, -0.1) is 11.3 Å². The summed E-state index contributed by atoms with van der Waals surface area (Å²) in [5.74, 6) is 0.296. The molecule has 1 fully saturated rings. The van der Waals surface area contributed by atoms with Crippen LogP contribution in [0.4, 0.5) is 0 Å². The van der Waals surface area contributed by atoms with Crippen molar-refractivity contribution in [3.8, 4) is 0 Å². The monoisotopic (exact) mass is 266 g/mol. The lowest BCUT2D eigenvalue weighted by Crippen LogP contribution is -2.53. The summed E-state index contributed by atoms with van der Waals surface area (Å²) in [5, 5.41) is 4.76. The van der Waals surface area contributed by atoms with E-state index >= 15 is 0 Å². The lowest BCUT2D eigenvalue weighted by molar-refractivity contribution is -0.128. The second-order valence-electron chi connectivity index (χ2n) is 4.51. The summed E-state index contributed by atoms with van der Waals surface area (Å²) < 4.78 is 0. The van der Waals surface area contributed by atoms with E-state index in [0.29, 0.717) is 13.0 Å². The smallest absolute Gasteiger partial charge is 0.237 e. The molecule has 1 unspecified atom stereocenters. The molecule has 0 radical (unpaired) electrons. The van der Waals surface area contributed by atoms with E-state index in [1.165, 1.54) is 11.3 Å². The van der Waals surface area contributed by atoms with Crippen molar-refractivity contribution in [3.63, 3.8) is 0 Å². The number of carbonyl (C=O) groups is 2. The molecule has 1 aromatic rings. The van der Waals surface area contributed by atoms with Crippen LogP contribution >= 0.6 is 11.3 Å². The molecule has 1 aliphatic heterocycles. The zero-order valence-corrected chi connectivity index (χ0v) is 11.3. The highest BCUT2D eigenvalue weighted by Gasteiger charge is 2.24. The molecule has 1 saturated heterocycles. The van der Waals surface area contributed by atoms with Crippen LogP contribution in [0.5, 0.6) is 0 Å². The molecule has 0 spiro atoms. The number of nitrogens with zero attached hydrogens (tertiary/aromatic N) is 1. The van der Waals surface area contributed by atoms with Gasteiger partial charge in [0.2, 0.25) is 5.91 Å². The van der Waals surface area contributed by atoms with Crippen LogP contribution in [0.1, 0.15) is 29.4 Å². The normalized spacial score (nSPS) is 20.7. The molecule has 0 saturated carbocycles. The van der Waals surface area contributed by atoms with Crippen LogP contribution in [0, 0.1) is 0 Å². The highest BCUT2D eigenvalue weighted by molar-refractivity contribution is 7.12. The largest absolute Gasteiger partial charge is 0.353 e. The molecule has 1 aliphatic rings. The molecular formula is C13H18N2O2S. The van der Waals surface area contributed by atoms with Crippen LogP contribution in [0.2, 0.25) is 0 Å². The summed E-state index contributed by atoms with van der Waals surface area (Å²) in [4.78, 5) is 26.2. The number of ketones is 1. The number of Topliss-reactive ketones (excluding diaryl/α,β-unsaturated/α-hetero) is 1. The zero-order valence-electron chi connectivity index (χ0n) is 10.5. The van der Waals surface area contributed by atoms with Crippen LogP contribution in [-0.2, 0) is 4.79 Å². The van der Waals surface area contributed by atoms with Gasteiger partial charge in [0.1, 0.15) is 0 Å². The van der Waals surface area contributed by atoms with Crippen LogP contribution in [0.15, 0.2) is 17.5 Å². The van der Waals surface area contributed by atoms with Gasteiger partial charge in [0.25, 0.3) is 0 Å². The van der Waals surface area contributed by atoms with E-state index in [2.05, 4.69) is 10.2 Å². The van der Waals surface area contributed by atoms with Crippen molar-refractivity contribution in [2.24, 2.45) is 0 Å². The first kappa shape index (κ1) is 13.2. The van der Waals surface area contributed by atoms with E-state index in [1.54, 1.807) is 0 Å². The Labute approximate surface area is 111 Å². The number of piperazine rings is 1. The summed E-state index contributed by atoms with van der Waals surface area (Å²) in [7, 11) is 0.